The number of hydrogen-bond acceptors (Lipinski definition) is 3. The van der Waals surface area contributed by atoms with E-state index in [1.54, 1.807) is 6.08 Å². The van der Waals surface area contributed by atoms with Crippen molar-refractivity contribution in [3.63, 3.8) is 0 Å². The van der Waals surface area contributed by atoms with Crippen LogP contribution in [0.15, 0.2) is 23.8 Å². The predicted octanol–water partition coefficient (Wildman–Crippen LogP) is 1.27. The maximum Gasteiger partial charge on any atom is 0.303 e. The molecule has 0 fully saturated rings. The predicted molar refractivity (Wildman–Crippen MR) is 53.3 cm³/mol. The van der Waals surface area contributed by atoms with E-state index in [1.807, 2.05) is 0 Å². The summed E-state index contributed by atoms with van der Waals surface area (Å²) in [7, 11) is 0. The number of carboxylic acids is 1. The lowest BCUT2D eigenvalue weighted by Gasteiger charge is -2.04. The van der Waals surface area contributed by atoms with Crippen LogP contribution in [0.2, 0.25) is 0 Å². The van der Waals surface area contributed by atoms with Gasteiger partial charge in [-0.25, -0.2) is 0 Å². The molecular weight excluding hydrogens is 196 g/mol. The molecule has 0 unspecified atom stereocenters. The third-order valence-electron chi connectivity index (χ3n) is 2.11. The second kappa shape index (κ2) is 5.24. The molecule has 0 atom stereocenters. The minimum Gasteiger partial charge on any atom is -0.481 e. The first-order chi connectivity index (χ1) is 7.09. The minimum atomic E-state index is -0.811. The fraction of sp³-hybridized carbons (Fsp3) is 0.364. The highest BCUT2D eigenvalue weighted by atomic mass is 16.4. The van der Waals surface area contributed by atoms with Gasteiger partial charge in [0, 0.05) is 6.42 Å². The van der Waals surface area contributed by atoms with Crippen molar-refractivity contribution in [1.29, 1.82) is 0 Å². The zero-order valence-electron chi connectivity index (χ0n) is 8.23. The lowest BCUT2D eigenvalue weighted by molar-refractivity contribution is -0.137. The van der Waals surface area contributed by atoms with E-state index in [9.17, 15) is 14.4 Å². The van der Waals surface area contributed by atoms with Crippen molar-refractivity contribution in [2.45, 2.75) is 25.7 Å². The molecular formula is C11H12O4. The molecule has 0 saturated carbocycles. The van der Waals surface area contributed by atoms with Gasteiger partial charge in [-0.3, -0.25) is 14.4 Å². The molecule has 0 aliphatic heterocycles. The third kappa shape index (κ3) is 3.89. The smallest absolute Gasteiger partial charge is 0.303 e. The lowest BCUT2D eigenvalue weighted by atomic mass is 10.00. The van der Waals surface area contributed by atoms with E-state index in [-0.39, 0.29) is 6.42 Å². The summed E-state index contributed by atoms with van der Waals surface area (Å²) < 4.78 is 0. The Labute approximate surface area is 87.3 Å². The highest BCUT2D eigenvalue weighted by Crippen LogP contribution is 2.13. The molecule has 4 heteroatoms. The van der Waals surface area contributed by atoms with E-state index in [4.69, 9.17) is 5.11 Å². The fourth-order valence-electron chi connectivity index (χ4n) is 1.31. The van der Waals surface area contributed by atoms with Gasteiger partial charge in [-0.05, 0) is 37.0 Å². The maximum atomic E-state index is 11.0. The van der Waals surface area contributed by atoms with E-state index in [0.717, 1.165) is 5.57 Å². The van der Waals surface area contributed by atoms with Gasteiger partial charge in [-0.15, -0.1) is 0 Å². The van der Waals surface area contributed by atoms with Crippen molar-refractivity contribution in [2.75, 3.05) is 0 Å². The molecule has 1 aliphatic carbocycles. The van der Waals surface area contributed by atoms with Crippen LogP contribution in [0.3, 0.4) is 0 Å². The van der Waals surface area contributed by atoms with Gasteiger partial charge in [-0.1, -0.05) is 6.08 Å². The third-order valence-corrected chi connectivity index (χ3v) is 2.11. The van der Waals surface area contributed by atoms with Crippen LogP contribution < -0.4 is 0 Å². The van der Waals surface area contributed by atoms with Gasteiger partial charge in [0.15, 0.2) is 0 Å². The van der Waals surface area contributed by atoms with Gasteiger partial charge >= 0.3 is 5.97 Å². The summed E-state index contributed by atoms with van der Waals surface area (Å²) in [5, 5.41) is 8.40. The van der Waals surface area contributed by atoms with Crippen molar-refractivity contribution >= 4 is 17.5 Å². The summed E-state index contributed by atoms with van der Waals surface area (Å²) >= 11 is 0. The Morgan fingerprint density at radius 1 is 1.13 bits per heavy atom. The van der Waals surface area contributed by atoms with Crippen molar-refractivity contribution in [1.82, 2.24) is 0 Å². The first-order valence-corrected chi connectivity index (χ1v) is 4.78. The highest BCUT2D eigenvalue weighted by molar-refractivity contribution is 6.46. The van der Waals surface area contributed by atoms with Crippen molar-refractivity contribution in [3.8, 4) is 0 Å². The van der Waals surface area contributed by atoms with Gasteiger partial charge in [0.2, 0.25) is 11.6 Å². The van der Waals surface area contributed by atoms with Crippen molar-refractivity contribution in [2.24, 2.45) is 0 Å². The first kappa shape index (κ1) is 11.4. The number of carboxylic acid groups (broad SMARTS) is 1. The zero-order valence-corrected chi connectivity index (χ0v) is 8.23. The molecule has 15 heavy (non-hydrogen) atoms. The molecule has 1 rings (SSSR count). The van der Waals surface area contributed by atoms with Crippen LogP contribution in [0.1, 0.15) is 25.7 Å². The van der Waals surface area contributed by atoms with Crippen LogP contribution in [0.5, 0.6) is 0 Å². The van der Waals surface area contributed by atoms with E-state index in [2.05, 4.69) is 0 Å². The maximum absolute atomic E-state index is 11.0. The summed E-state index contributed by atoms with van der Waals surface area (Å²) in [6, 6.07) is 0. The fourth-order valence-corrected chi connectivity index (χ4v) is 1.31. The number of rotatable bonds is 5. The first-order valence-electron chi connectivity index (χ1n) is 4.78. The summed E-state index contributed by atoms with van der Waals surface area (Å²) in [4.78, 5) is 32.0. The molecule has 0 aromatic heterocycles. The van der Waals surface area contributed by atoms with Gasteiger partial charge in [0.1, 0.15) is 0 Å². The quantitative estimate of drug-likeness (QED) is 0.419. The van der Waals surface area contributed by atoms with E-state index < -0.39 is 17.5 Å². The Hall–Kier alpha value is -1.71. The Balaban J connectivity index is 2.31. The standard InChI is InChI=1S/C11H12O4/c12-9-6-5-8(7-10(9)13)3-1-2-4-11(14)15/h5-7H,1-4H2,(H,14,15). The molecule has 4 nitrogen and oxygen atoms in total. The van der Waals surface area contributed by atoms with Crippen molar-refractivity contribution in [3.05, 3.63) is 23.8 Å². The van der Waals surface area contributed by atoms with Gasteiger partial charge in [0.05, 0.1) is 0 Å². The molecule has 1 aliphatic rings. The monoisotopic (exact) mass is 208 g/mol. The number of ketones is 2. The SMILES string of the molecule is O=C(O)CCCCC1=CC(=O)C(=O)C=C1. The normalized spacial score (nSPS) is 15.3. The van der Waals surface area contributed by atoms with Crippen LogP contribution in [-0.2, 0) is 14.4 Å². The number of allylic oxidation sites excluding steroid dienone is 4. The van der Waals surface area contributed by atoms with Crippen LogP contribution in [-0.4, -0.2) is 22.6 Å². The Morgan fingerprint density at radius 2 is 1.87 bits per heavy atom. The molecule has 1 N–H and O–H groups in total. The molecule has 0 saturated heterocycles. The molecule has 0 bridgehead atoms. The number of carbonyl (C=O) groups is 3. The van der Waals surface area contributed by atoms with Crippen LogP contribution in [0.4, 0.5) is 0 Å². The summed E-state index contributed by atoms with van der Waals surface area (Å²) in [6.45, 7) is 0. The molecule has 0 heterocycles. The van der Waals surface area contributed by atoms with E-state index >= 15 is 0 Å². The van der Waals surface area contributed by atoms with Crippen LogP contribution >= 0.6 is 0 Å². The molecule has 0 aromatic rings. The Morgan fingerprint density at radius 3 is 2.47 bits per heavy atom. The van der Waals surface area contributed by atoms with Gasteiger partial charge in [0.25, 0.3) is 0 Å². The molecule has 0 radical (unpaired) electrons. The van der Waals surface area contributed by atoms with Crippen molar-refractivity contribution < 1.29 is 19.5 Å². The molecule has 80 valence electrons. The van der Waals surface area contributed by atoms with Crippen LogP contribution in [0, 0.1) is 0 Å². The molecule has 0 spiro atoms. The summed E-state index contributed by atoms with van der Waals surface area (Å²) in [6.07, 6.45) is 6.28. The van der Waals surface area contributed by atoms with Gasteiger partial charge < -0.3 is 5.11 Å². The zero-order chi connectivity index (χ0) is 11.3. The lowest BCUT2D eigenvalue weighted by Crippen LogP contribution is -2.11. The largest absolute Gasteiger partial charge is 0.481 e. The van der Waals surface area contributed by atoms with E-state index in [0.29, 0.717) is 19.3 Å². The minimum absolute atomic E-state index is 0.143. The highest BCUT2D eigenvalue weighted by Gasteiger charge is 2.12. The molecule has 0 aromatic carbocycles. The number of unbranched alkanes of at least 4 members (excludes halogenated alkanes) is 1. The number of aliphatic carboxylic acids is 1. The average Bonchev–Trinajstić information content (AvgIpc) is 2.18. The van der Waals surface area contributed by atoms with E-state index in [1.165, 1.54) is 12.2 Å². The second-order valence-corrected chi connectivity index (χ2v) is 3.38. The second-order valence-electron chi connectivity index (χ2n) is 3.38. The molecule has 0 amide bonds. The summed E-state index contributed by atoms with van der Waals surface area (Å²) in [5.74, 6) is -1.80. The summed E-state index contributed by atoms with van der Waals surface area (Å²) in [5.41, 5.74) is 0.796. The Kier molecular flexibility index (Phi) is 3.97. The number of hydrogen-bond donors (Lipinski definition) is 1. The Bertz CT molecular complexity index is 350. The average molecular weight is 208 g/mol. The van der Waals surface area contributed by atoms with Gasteiger partial charge in [-0.2, -0.15) is 0 Å². The number of carbonyl (C=O) groups excluding carboxylic acids is 2. The van der Waals surface area contributed by atoms with Crippen LogP contribution in [0.25, 0.3) is 0 Å². The topological polar surface area (TPSA) is 71.4 Å².